The third-order valence-corrected chi connectivity index (χ3v) is 5.61. The molecule has 30 heavy (non-hydrogen) atoms. The molecule has 1 saturated heterocycles. The van der Waals surface area contributed by atoms with Gasteiger partial charge in [-0.1, -0.05) is 11.8 Å². The van der Waals surface area contributed by atoms with Crippen LogP contribution in [0.2, 0.25) is 0 Å². The van der Waals surface area contributed by atoms with Gasteiger partial charge < -0.3 is 20.7 Å². The SMILES string of the molecule is CC1CN(c2cc(Nc3ccc(Sc4ccncc4)c(F)c3)nc(N)n2)CC(C)O1. The molecule has 0 amide bonds. The van der Waals surface area contributed by atoms with Crippen LogP contribution in [0.15, 0.2) is 58.6 Å². The summed E-state index contributed by atoms with van der Waals surface area (Å²) in [5.41, 5.74) is 6.51. The second kappa shape index (κ2) is 8.85. The van der Waals surface area contributed by atoms with Gasteiger partial charge in [0.05, 0.1) is 12.2 Å². The van der Waals surface area contributed by atoms with Crippen LogP contribution in [0.4, 0.5) is 27.7 Å². The molecule has 3 N–H and O–H groups in total. The Bertz CT molecular complexity index is 1010. The van der Waals surface area contributed by atoms with E-state index in [2.05, 4.69) is 25.2 Å². The Morgan fingerprint density at radius 1 is 1.10 bits per heavy atom. The first-order valence-electron chi connectivity index (χ1n) is 9.65. The zero-order valence-electron chi connectivity index (χ0n) is 16.7. The number of nitrogens with zero attached hydrogens (tertiary/aromatic N) is 4. The quantitative estimate of drug-likeness (QED) is 0.630. The van der Waals surface area contributed by atoms with Gasteiger partial charge in [-0.2, -0.15) is 9.97 Å². The number of pyridine rings is 1. The summed E-state index contributed by atoms with van der Waals surface area (Å²) in [6.45, 7) is 5.49. The lowest BCUT2D eigenvalue weighted by atomic mass is 10.2. The summed E-state index contributed by atoms with van der Waals surface area (Å²) >= 11 is 1.35. The normalized spacial score (nSPS) is 19.0. The van der Waals surface area contributed by atoms with Crippen LogP contribution in [0.25, 0.3) is 0 Å². The predicted molar refractivity (Wildman–Crippen MR) is 117 cm³/mol. The number of benzene rings is 1. The lowest BCUT2D eigenvalue weighted by molar-refractivity contribution is -0.00545. The minimum atomic E-state index is -0.320. The highest BCUT2D eigenvalue weighted by Gasteiger charge is 2.24. The van der Waals surface area contributed by atoms with Gasteiger partial charge in [-0.3, -0.25) is 4.98 Å². The maximum atomic E-state index is 14.6. The molecule has 1 aliphatic rings. The van der Waals surface area contributed by atoms with Gasteiger partial charge in [0.25, 0.3) is 0 Å². The maximum absolute atomic E-state index is 14.6. The third kappa shape index (κ3) is 4.98. The second-order valence-corrected chi connectivity index (χ2v) is 8.30. The molecule has 2 atom stereocenters. The first-order chi connectivity index (χ1) is 14.5. The predicted octanol–water partition coefficient (Wildman–Crippen LogP) is 4.10. The zero-order valence-corrected chi connectivity index (χ0v) is 17.6. The monoisotopic (exact) mass is 426 g/mol. The molecule has 2 aromatic heterocycles. The number of hydrogen-bond acceptors (Lipinski definition) is 8. The van der Waals surface area contributed by atoms with Crippen molar-refractivity contribution in [3.8, 4) is 0 Å². The van der Waals surface area contributed by atoms with Crippen molar-refractivity contribution in [2.75, 3.05) is 29.0 Å². The molecular weight excluding hydrogens is 403 g/mol. The van der Waals surface area contributed by atoms with E-state index in [4.69, 9.17) is 10.5 Å². The van der Waals surface area contributed by atoms with Gasteiger partial charge in [-0.25, -0.2) is 4.39 Å². The molecule has 3 heterocycles. The largest absolute Gasteiger partial charge is 0.372 e. The Balaban J connectivity index is 1.51. The lowest BCUT2D eigenvalue weighted by Gasteiger charge is -2.36. The highest BCUT2D eigenvalue weighted by atomic mass is 32.2. The summed E-state index contributed by atoms with van der Waals surface area (Å²) in [6.07, 6.45) is 3.56. The van der Waals surface area contributed by atoms with Crippen LogP contribution in [-0.2, 0) is 4.74 Å². The molecule has 3 aromatic rings. The number of nitrogens with two attached hydrogens (primary N) is 1. The fourth-order valence-corrected chi connectivity index (χ4v) is 4.19. The molecule has 9 heteroatoms. The van der Waals surface area contributed by atoms with E-state index >= 15 is 0 Å². The van der Waals surface area contributed by atoms with Crippen molar-refractivity contribution in [3.05, 3.63) is 54.6 Å². The molecule has 1 aliphatic heterocycles. The summed E-state index contributed by atoms with van der Waals surface area (Å²) in [5, 5.41) is 3.13. The van der Waals surface area contributed by atoms with E-state index in [1.807, 2.05) is 38.1 Å². The van der Waals surface area contributed by atoms with Crippen molar-refractivity contribution in [3.63, 3.8) is 0 Å². The number of nitrogens with one attached hydrogen (secondary N) is 1. The van der Waals surface area contributed by atoms with Gasteiger partial charge in [0.15, 0.2) is 0 Å². The van der Waals surface area contributed by atoms with Gasteiger partial charge in [0, 0.05) is 47.0 Å². The number of anilines is 4. The van der Waals surface area contributed by atoms with E-state index < -0.39 is 0 Å². The topological polar surface area (TPSA) is 89.2 Å². The third-order valence-electron chi connectivity index (χ3n) is 4.56. The molecule has 7 nitrogen and oxygen atoms in total. The Morgan fingerprint density at radius 3 is 2.53 bits per heavy atom. The van der Waals surface area contributed by atoms with E-state index in [0.29, 0.717) is 16.4 Å². The van der Waals surface area contributed by atoms with Crippen molar-refractivity contribution >= 4 is 35.0 Å². The Morgan fingerprint density at radius 2 is 1.83 bits per heavy atom. The number of morpholine rings is 1. The number of hydrogen-bond donors (Lipinski definition) is 2. The van der Waals surface area contributed by atoms with Crippen LogP contribution in [0.1, 0.15) is 13.8 Å². The van der Waals surface area contributed by atoms with Gasteiger partial charge in [0.2, 0.25) is 5.95 Å². The molecule has 2 unspecified atom stereocenters. The molecule has 0 spiro atoms. The molecule has 0 bridgehead atoms. The maximum Gasteiger partial charge on any atom is 0.223 e. The van der Waals surface area contributed by atoms with Crippen LogP contribution < -0.4 is 16.0 Å². The average Bonchev–Trinajstić information content (AvgIpc) is 2.70. The molecule has 0 saturated carbocycles. The van der Waals surface area contributed by atoms with Gasteiger partial charge >= 0.3 is 0 Å². The molecule has 1 aromatic carbocycles. The number of halogens is 1. The summed E-state index contributed by atoms with van der Waals surface area (Å²) < 4.78 is 20.4. The van der Waals surface area contributed by atoms with Crippen LogP contribution in [-0.4, -0.2) is 40.2 Å². The fourth-order valence-electron chi connectivity index (χ4n) is 3.39. The van der Waals surface area contributed by atoms with Crippen LogP contribution in [0.3, 0.4) is 0 Å². The van der Waals surface area contributed by atoms with E-state index in [-0.39, 0.29) is 24.0 Å². The fraction of sp³-hybridized carbons (Fsp3) is 0.286. The molecule has 4 rings (SSSR count). The lowest BCUT2D eigenvalue weighted by Crippen LogP contribution is -2.45. The van der Waals surface area contributed by atoms with Crippen molar-refractivity contribution in [2.45, 2.75) is 35.8 Å². The van der Waals surface area contributed by atoms with Crippen LogP contribution in [0, 0.1) is 5.82 Å². The van der Waals surface area contributed by atoms with E-state index in [1.54, 1.807) is 18.5 Å². The number of rotatable bonds is 5. The highest BCUT2D eigenvalue weighted by Crippen LogP contribution is 2.31. The van der Waals surface area contributed by atoms with Gasteiger partial charge in [0.1, 0.15) is 17.5 Å². The summed E-state index contributed by atoms with van der Waals surface area (Å²) in [5.74, 6) is 1.07. The number of ether oxygens (including phenoxy) is 1. The van der Waals surface area contributed by atoms with E-state index in [0.717, 1.165) is 23.8 Å². The Hall–Kier alpha value is -2.91. The average molecular weight is 427 g/mol. The summed E-state index contributed by atoms with van der Waals surface area (Å²) in [6, 6.07) is 10.5. The molecule has 156 valence electrons. The first kappa shape index (κ1) is 20.4. The van der Waals surface area contributed by atoms with E-state index in [9.17, 15) is 4.39 Å². The summed E-state index contributed by atoms with van der Waals surface area (Å²) in [7, 11) is 0. The molecular formula is C21H23FN6OS. The standard InChI is InChI=1S/C21H23FN6OS/c1-13-11-28(12-14(2)29-13)20-10-19(26-21(23)27-20)25-15-3-4-18(17(22)9-15)30-16-5-7-24-8-6-16/h3-10,13-14H,11-12H2,1-2H3,(H3,23,25,26,27). The summed E-state index contributed by atoms with van der Waals surface area (Å²) in [4.78, 5) is 16.2. The zero-order chi connectivity index (χ0) is 21.1. The Labute approximate surface area is 178 Å². The minimum absolute atomic E-state index is 0.0980. The number of nitrogen functional groups attached to an aromatic ring is 1. The number of aromatic nitrogens is 3. The highest BCUT2D eigenvalue weighted by molar-refractivity contribution is 7.99. The van der Waals surface area contributed by atoms with Crippen molar-refractivity contribution in [1.29, 1.82) is 0 Å². The van der Waals surface area contributed by atoms with Crippen molar-refractivity contribution in [1.82, 2.24) is 15.0 Å². The molecule has 0 aliphatic carbocycles. The van der Waals surface area contributed by atoms with Crippen LogP contribution >= 0.6 is 11.8 Å². The molecule has 1 fully saturated rings. The van der Waals surface area contributed by atoms with Gasteiger partial charge in [-0.15, -0.1) is 0 Å². The smallest absolute Gasteiger partial charge is 0.223 e. The van der Waals surface area contributed by atoms with E-state index in [1.165, 1.54) is 17.8 Å². The first-order valence-corrected chi connectivity index (χ1v) is 10.5. The van der Waals surface area contributed by atoms with Gasteiger partial charge in [-0.05, 0) is 44.2 Å². The van der Waals surface area contributed by atoms with Crippen molar-refractivity contribution in [2.24, 2.45) is 0 Å². The second-order valence-electron chi connectivity index (χ2n) is 7.19. The van der Waals surface area contributed by atoms with Crippen molar-refractivity contribution < 1.29 is 9.13 Å². The van der Waals surface area contributed by atoms with Crippen LogP contribution in [0.5, 0.6) is 0 Å². The minimum Gasteiger partial charge on any atom is -0.372 e. The Kier molecular flexibility index (Phi) is 6.01. The molecule has 0 radical (unpaired) electrons.